The highest BCUT2D eigenvalue weighted by Crippen LogP contribution is 2.46. The number of para-hydroxylation sites is 1. The van der Waals surface area contributed by atoms with Gasteiger partial charge in [0.2, 0.25) is 0 Å². The summed E-state index contributed by atoms with van der Waals surface area (Å²) in [7, 11) is 0. The summed E-state index contributed by atoms with van der Waals surface area (Å²) < 4.78 is 6.28. The highest BCUT2D eigenvalue weighted by atomic mass is 16.5. The van der Waals surface area contributed by atoms with Crippen LogP contribution in [0.2, 0.25) is 0 Å². The molecule has 0 spiro atoms. The molecule has 1 atom stereocenters. The van der Waals surface area contributed by atoms with Gasteiger partial charge in [-0.15, -0.1) is 0 Å². The quantitative estimate of drug-likeness (QED) is 0.842. The van der Waals surface area contributed by atoms with E-state index in [9.17, 15) is 0 Å². The molecule has 1 N–H and O–H groups in total. The van der Waals surface area contributed by atoms with Gasteiger partial charge < -0.3 is 10.1 Å². The Morgan fingerprint density at radius 2 is 2.00 bits per heavy atom. The van der Waals surface area contributed by atoms with Crippen molar-refractivity contribution < 1.29 is 4.74 Å². The Morgan fingerprint density at radius 1 is 1.14 bits per heavy atom. The first-order valence-electron chi connectivity index (χ1n) is 8.46. The molecule has 2 aliphatic rings. The smallest absolute Gasteiger partial charge is 0.142 e. The van der Waals surface area contributed by atoms with Gasteiger partial charge in [-0.05, 0) is 49.1 Å². The minimum Gasteiger partial charge on any atom is -0.491 e. The van der Waals surface area contributed by atoms with Crippen molar-refractivity contribution in [2.45, 2.75) is 59.3 Å². The monoisotopic (exact) mass is 287 g/mol. The molecule has 0 saturated heterocycles. The Bertz CT molecular complexity index is 508. The molecule has 1 aliphatic heterocycles. The van der Waals surface area contributed by atoms with Crippen molar-refractivity contribution in [3.05, 3.63) is 23.8 Å². The van der Waals surface area contributed by atoms with E-state index >= 15 is 0 Å². The molecule has 2 nitrogen and oxygen atoms in total. The molecule has 3 rings (SSSR count). The predicted octanol–water partition coefficient (Wildman–Crippen LogP) is 5.03. The second-order valence-electron chi connectivity index (χ2n) is 8.11. The SMILES string of the molecule is CC1(C)CCCC(C)(COc2cccc3c2NCCC3)C1. The molecular weight excluding hydrogens is 258 g/mol. The molecule has 0 amide bonds. The third-order valence-corrected chi connectivity index (χ3v) is 5.15. The zero-order chi connectivity index (χ0) is 14.9. The predicted molar refractivity (Wildman–Crippen MR) is 89.1 cm³/mol. The average Bonchev–Trinajstić information content (AvgIpc) is 2.44. The molecule has 1 aromatic rings. The lowest BCUT2D eigenvalue weighted by atomic mass is 9.65. The molecule has 21 heavy (non-hydrogen) atoms. The summed E-state index contributed by atoms with van der Waals surface area (Å²) in [6.45, 7) is 9.11. The van der Waals surface area contributed by atoms with Crippen LogP contribution in [0.25, 0.3) is 0 Å². The lowest BCUT2D eigenvalue weighted by molar-refractivity contribution is 0.0507. The van der Waals surface area contributed by atoms with E-state index in [4.69, 9.17) is 4.74 Å². The van der Waals surface area contributed by atoms with E-state index in [1.54, 1.807) is 0 Å². The van der Waals surface area contributed by atoms with Crippen LogP contribution in [-0.2, 0) is 6.42 Å². The van der Waals surface area contributed by atoms with E-state index in [2.05, 4.69) is 44.3 Å². The summed E-state index contributed by atoms with van der Waals surface area (Å²) in [6.07, 6.45) is 7.64. The van der Waals surface area contributed by atoms with Crippen molar-refractivity contribution in [3.8, 4) is 5.75 Å². The Hall–Kier alpha value is -1.18. The third kappa shape index (κ3) is 3.36. The molecule has 1 aromatic carbocycles. The molecular formula is C19H29NO. The fourth-order valence-electron chi connectivity index (χ4n) is 4.30. The second-order valence-corrected chi connectivity index (χ2v) is 8.11. The van der Waals surface area contributed by atoms with E-state index in [1.807, 2.05) is 0 Å². The van der Waals surface area contributed by atoms with Gasteiger partial charge in [0.15, 0.2) is 0 Å². The van der Waals surface area contributed by atoms with E-state index < -0.39 is 0 Å². The van der Waals surface area contributed by atoms with E-state index in [-0.39, 0.29) is 0 Å². The van der Waals surface area contributed by atoms with Crippen molar-refractivity contribution in [1.82, 2.24) is 0 Å². The normalized spacial score (nSPS) is 27.6. The van der Waals surface area contributed by atoms with Crippen molar-refractivity contribution in [2.24, 2.45) is 10.8 Å². The summed E-state index contributed by atoms with van der Waals surface area (Å²) >= 11 is 0. The second kappa shape index (κ2) is 5.55. The van der Waals surface area contributed by atoms with Crippen LogP contribution in [0.1, 0.15) is 58.4 Å². The number of fused-ring (bicyclic) bond motifs is 1. The zero-order valence-electron chi connectivity index (χ0n) is 13.8. The highest BCUT2D eigenvalue weighted by Gasteiger charge is 2.37. The van der Waals surface area contributed by atoms with Gasteiger partial charge in [0, 0.05) is 12.0 Å². The van der Waals surface area contributed by atoms with Gasteiger partial charge in [0.05, 0.1) is 12.3 Å². The summed E-state index contributed by atoms with van der Waals surface area (Å²) in [5.41, 5.74) is 3.43. The molecule has 2 heteroatoms. The van der Waals surface area contributed by atoms with E-state index in [0.29, 0.717) is 10.8 Å². The minimum absolute atomic E-state index is 0.319. The van der Waals surface area contributed by atoms with Crippen LogP contribution in [0.4, 0.5) is 5.69 Å². The van der Waals surface area contributed by atoms with Crippen LogP contribution < -0.4 is 10.1 Å². The summed E-state index contributed by atoms with van der Waals surface area (Å²) in [6, 6.07) is 6.47. The van der Waals surface area contributed by atoms with Gasteiger partial charge in [-0.2, -0.15) is 0 Å². The maximum Gasteiger partial charge on any atom is 0.142 e. The van der Waals surface area contributed by atoms with Gasteiger partial charge >= 0.3 is 0 Å². The van der Waals surface area contributed by atoms with Gasteiger partial charge in [-0.3, -0.25) is 0 Å². The minimum atomic E-state index is 0.319. The van der Waals surface area contributed by atoms with Crippen molar-refractivity contribution in [3.63, 3.8) is 0 Å². The van der Waals surface area contributed by atoms with Crippen LogP contribution in [-0.4, -0.2) is 13.2 Å². The number of aryl methyl sites for hydroxylation is 1. The number of ether oxygens (including phenoxy) is 1. The lowest BCUT2D eigenvalue weighted by Gasteiger charge is -2.42. The van der Waals surface area contributed by atoms with Gasteiger partial charge in [-0.25, -0.2) is 0 Å². The molecule has 1 aliphatic carbocycles. The Morgan fingerprint density at radius 3 is 2.81 bits per heavy atom. The van der Waals surface area contributed by atoms with Crippen LogP contribution in [0.3, 0.4) is 0 Å². The molecule has 0 radical (unpaired) electrons. The first-order valence-corrected chi connectivity index (χ1v) is 8.46. The van der Waals surface area contributed by atoms with Crippen LogP contribution in [0.5, 0.6) is 5.75 Å². The first kappa shape index (κ1) is 14.7. The fourth-order valence-corrected chi connectivity index (χ4v) is 4.30. The number of rotatable bonds is 3. The molecule has 1 saturated carbocycles. The number of hydrogen-bond acceptors (Lipinski definition) is 2. The summed E-state index contributed by atoms with van der Waals surface area (Å²) in [4.78, 5) is 0. The first-order chi connectivity index (χ1) is 9.98. The maximum atomic E-state index is 6.28. The molecule has 116 valence electrons. The largest absolute Gasteiger partial charge is 0.491 e. The molecule has 1 heterocycles. The number of nitrogens with one attached hydrogen (secondary N) is 1. The Labute approximate surface area is 129 Å². The Kier molecular flexibility index (Phi) is 3.90. The van der Waals surface area contributed by atoms with Crippen LogP contribution in [0, 0.1) is 10.8 Å². The van der Waals surface area contributed by atoms with Gasteiger partial charge in [0.1, 0.15) is 5.75 Å². The molecule has 0 bridgehead atoms. The van der Waals surface area contributed by atoms with Crippen molar-refractivity contribution in [2.75, 3.05) is 18.5 Å². The Balaban J connectivity index is 1.70. The van der Waals surface area contributed by atoms with Crippen LogP contribution in [0.15, 0.2) is 18.2 Å². The zero-order valence-corrected chi connectivity index (χ0v) is 13.8. The number of anilines is 1. The fraction of sp³-hybridized carbons (Fsp3) is 0.684. The van der Waals surface area contributed by atoms with Crippen LogP contribution >= 0.6 is 0 Å². The number of hydrogen-bond donors (Lipinski definition) is 1. The highest BCUT2D eigenvalue weighted by molar-refractivity contribution is 5.63. The van der Waals surface area contributed by atoms with Crippen molar-refractivity contribution >= 4 is 5.69 Å². The van der Waals surface area contributed by atoms with E-state index in [1.165, 1.54) is 49.8 Å². The lowest BCUT2D eigenvalue weighted by Crippen LogP contribution is -2.35. The van der Waals surface area contributed by atoms with Crippen molar-refractivity contribution in [1.29, 1.82) is 0 Å². The average molecular weight is 287 g/mol. The van der Waals surface area contributed by atoms with E-state index in [0.717, 1.165) is 18.9 Å². The summed E-state index contributed by atoms with van der Waals surface area (Å²) in [5, 5.41) is 3.52. The maximum absolute atomic E-state index is 6.28. The molecule has 1 fully saturated rings. The summed E-state index contributed by atoms with van der Waals surface area (Å²) in [5.74, 6) is 1.05. The number of benzene rings is 1. The van der Waals surface area contributed by atoms with Gasteiger partial charge in [0.25, 0.3) is 0 Å². The molecule has 0 aromatic heterocycles. The topological polar surface area (TPSA) is 21.3 Å². The standard InChI is InChI=1S/C19H29NO/c1-18(2)10-6-11-19(3,13-18)14-21-16-9-4-7-15-8-5-12-20-17(15)16/h4,7,9,20H,5-6,8,10-14H2,1-3H3. The molecule has 1 unspecified atom stereocenters. The third-order valence-electron chi connectivity index (χ3n) is 5.15. The van der Waals surface area contributed by atoms with Gasteiger partial charge in [-0.1, -0.05) is 39.3 Å².